The van der Waals surface area contributed by atoms with Gasteiger partial charge < -0.3 is 14.0 Å². The van der Waals surface area contributed by atoms with Crippen LogP contribution in [0.5, 0.6) is 11.5 Å². The van der Waals surface area contributed by atoms with E-state index in [0.717, 1.165) is 10.9 Å². The maximum atomic E-state index is 14.3. The molecule has 1 aliphatic heterocycles. The van der Waals surface area contributed by atoms with Crippen LogP contribution in [0.3, 0.4) is 0 Å². The molecule has 0 bridgehead atoms. The van der Waals surface area contributed by atoms with E-state index in [1.807, 2.05) is 71.4 Å². The van der Waals surface area contributed by atoms with E-state index >= 15 is 0 Å². The Labute approximate surface area is 181 Å². The third-order valence-corrected chi connectivity index (χ3v) is 5.81. The summed E-state index contributed by atoms with van der Waals surface area (Å²) in [5.41, 5.74) is 2.35. The highest BCUT2D eigenvalue weighted by atomic mass is 19.4. The highest BCUT2D eigenvalue weighted by molar-refractivity contribution is 6.08. The van der Waals surface area contributed by atoms with Crippen LogP contribution in [0.15, 0.2) is 84.6 Å². The van der Waals surface area contributed by atoms with E-state index in [4.69, 9.17) is 9.47 Å². The van der Waals surface area contributed by atoms with E-state index in [9.17, 15) is 13.2 Å². The molecule has 0 spiro atoms. The Balaban J connectivity index is 1.74. The van der Waals surface area contributed by atoms with Crippen molar-refractivity contribution in [3.05, 3.63) is 101 Å². The molecule has 0 atom stereocenters. The van der Waals surface area contributed by atoms with Crippen LogP contribution in [-0.4, -0.2) is 17.5 Å². The Morgan fingerprint density at radius 2 is 1.56 bits per heavy atom. The van der Waals surface area contributed by atoms with Gasteiger partial charge in [-0.05, 0) is 52.4 Å². The molecule has 2 aliphatic rings. The number of aromatic nitrogens is 1. The van der Waals surface area contributed by atoms with Crippen LogP contribution in [-0.2, 0) is 0 Å². The largest absolute Gasteiger partial charge is 0.454 e. The number of ether oxygens (including phenoxy) is 2. The second-order valence-corrected chi connectivity index (χ2v) is 7.68. The molecular formula is C26H16F3NO2. The molecule has 6 rings (SSSR count). The molecule has 158 valence electrons. The molecule has 0 fully saturated rings. The van der Waals surface area contributed by atoms with Crippen LogP contribution in [0.25, 0.3) is 28.2 Å². The van der Waals surface area contributed by atoms with Gasteiger partial charge in [-0.3, -0.25) is 0 Å². The lowest BCUT2D eigenvalue weighted by molar-refractivity contribution is -0.0859. The van der Waals surface area contributed by atoms with Crippen molar-refractivity contribution in [3.8, 4) is 11.5 Å². The van der Waals surface area contributed by atoms with Crippen LogP contribution in [0.2, 0.25) is 0 Å². The molecule has 0 unspecified atom stereocenters. The summed E-state index contributed by atoms with van der Waals surface area (Å²) in [6.07, 6.45) is -1.52. The minimum atomic E-state index is -4.54. The predicted octanol–water partition coefficient (Wildman–Crippen LogP) is 6.75. The first-order valence-electron chi connectivity index (χ1n) is 10.1. The summed E-state index contributed by atoms with van der Waals surface area (Å²) in [5.74, 6) is 0.901. The Morgan fingerprint density at radius 1 is 0.844 bits per heavy atom. The normalized spacial score (nSPS) is 16.3. The first-order valence-corrected chi connectivity index (χ1v) is 10.1. The first kappa shape index (κ1) is 18.8. The number of hydrogen-bond donors (Lipinski definition) is 0. The highest BCUT2D eigenvalue weighted by Gasteiger charge is 2.42. The van der Waals surface area contributed by atoms with E-state index in [1.165, 1.54) is 6.08 Å². The summed E-state index contributed by atoms with van der Waals surface area (Å²) in [4.78, 5) is 0. The van der Waals surface area contributed by atoms with Gasteiger partial charge in [-0.25, -0.2) is 0 Å². The van der Waals surface area contributed by atoms with Gasteiger partial charge in [0.25, 0.3) is 0 Å². The minimum Gasteiger partial charge on any atom is -0.454 e. The summed E-state index contributed by atoms with van der Waals surface area (Å²) < 4.78 is 55.7. The Morgan fingerprint density at radius 3 is 2.34 bits per heavy atom. The number of hydrogen-bond acceptors (Lipinski definition) is 2. The lowest BCUT2D eigenvalue weighted by Crippen LogP contribution is -2.14. The average molecular weight is 431 g/mol. The Bertz CT molecular complexity index is 1430. The molecule has 1 aromatic heterocycles. The van der Waals surface area contributed by atoms with Crippen LogP contribution in [0.1, 0.15) is 16.7 Å². The lowest BCUT2D eigenvalue weighted by Gasteiger charge is -2.20. The van der Waals surface area contributed by atoms with Crippen molar-refractivity contribution >= 4 is 28.2 Å². The quantitative estimate of drug-likeness (QED) is 0.351. The maximum absolute atomic E-state index is 14.3. The SMILES string of the molecule is FC(F)(F)C1=Cc2cc3c(cc2/C1=C(\c1ccccc1)n1ccc2ccccc21)OCO3. The average Bonchev–Trinajstić information content (AvgIpc) is 3.50. The van der Waals surface area contributed by atoms with E-state index in [2.05, 4.69) is 0 Å². The fourth-order valence-corrected chi connectivity index (χ4v) is 4.42. The maximum Gasteiger partial charge on any atom is 0.417 e. The zero-order valence-corrected chi connectivity index (χ0v) is 16.7. The summed E-state index contributed by atoms with van der Waals surface area (Å²) in [6.45, 7) is 0.0564. The standard InChI is InChI=1S/C26H16F3NO2/c27-26(28,29)20-12-18-13-22-23(32-15-31-22)14-19(18)24(20)25(17-7-2-1-3-8-17)30-11-10-16-6-4-5-9-21(16)30/h1-14H,15H2/b25-24-. The molecule has 0 N–H and O–H groups in total. The van der Waals surface area contributed by atoms with Gasteiger partial charge in [-0.15, -0.1) is 0 Å². The van der Waals surface area contributed by atoms with Gasteiger partial charge >= 0.3 is 6.18 Å². The summed E-state index contributed by atoms with van der Waals surface area (Å²) in [5, 5.41) is 0.947. The van der Waals surface area contributed by atoms with Crippen molar-refractivity contribution in [1.29, 1.82) is 0 Å². The molecule has 32 heavy (non-hydrogen) atoms. The van der Waals surface area contributed by atoms with E-state index in [0.29, 0.717) is 33.9 Å². The number of halogens is 3. The highest BCUT2D eigenvalue weighted by Crippen LogP contribution is 2.51. The number of fused-ring (bicyclic) bond motifs is 3. The van der Waals surface area contributed by atoms with E-state index in [1.54, 1.807) is 12.1 Å². The van der Waals surface area contributed by atoms with E-state index in [-0.39, 0.29) is 12.4 Å². The van der Waals surface area contributed by atoms with Crippen molar-refractivity contribution in [2.45, 2.75) is 6.18 Å². The van der Waals surface area contributed by atoms with E-state index < -0.39 is 11.7 Å². The van der Waals surface area contributed by atoms with Gasteiger partial charge in [0.05, 0.1) is 16.8 Å². The second-order valence-electron chi connectivity index (χ2n) is 7.68. The van der Waals surface area contributed by atoms with Crippen molar-refractivity contribution in [1.82, 2.24) is 4.57 Å². The summed E-state index contributed by atoms with van der Waals surface area (Å²) >= 11 is 0. The second kappa shape index (κ2) is 6.79. The molecule has 1 aliphatic carbocycles. The number of rotatable bonds is 2. The van der Waals surface area contributed by atoms with Crippen molar-refractivity contribution < 1.29 is 22.6 Å². The molecule has 0 saturated carbocycles. The zero-order valence-electron chi connectivity index (χ0n) is 16.7. The fourth-order valence-electron chi connectivity index (χ4n) is 4.42. The monoisotopic (exact) mass is 431 g/mol. The third-order valence-electron chi connectivity index (χ3n) is 5.81. The molecule has 2 heterocycles. The van der Waals surface area contributed by atoms with Crippen molar-refractivity contribution in [3.63, 3.8) is 0 Å². The molecule has 0 radical (unpaired) electrons. The minimum absolute atomic E-state index is 0.0564. The van der Waals surface area contributed by atoms with Crippen LogP contribution >= 0.6 is 0 Å². The lowest BCUT2D eigenvalue weighted by atomic mass is 9.95. The molecular weight excluding hydrogens is 415 g/mol. The smallest absolute Gasteiger partial charge is 0.417 e. The topological polar surface area (TPSA) is 23.4 Å². The van der Waals surface area contributed by atoms with Gasteiger partial charge in [0.2, 0.25) is 6.79 Å². The van der Waals surface area contributed by atoms with Crippen LogP contribution in [0.4, 0.5) is 13.2 Å². The fraction of sp³-hybridized carbons (Fsp3) is 0.0769. The number of allylic oxidation sites excluding steroid dienone is 2. The molecule has 0 amide bonds. The molecule has 3 aromatic carbocycles. The number of nitrogens with zero attached hydrogens (tertiary/aromatic N) is 1. The molecule has 0 saturated heterocycles. The van der Waals surface area contributed by atoms with Crippen LogP contribution in [0, 0.1) is 0 Å². The number of benzene rings is 3. The third kappa shape index (κ3) is 2.83. The number of alkyl halides is 3. The summed E-state index contributed by atoms with van der Waals surface area (Å²) in [7, 11) is 0. The van der Waals surface area contributed by atoms with Gasteiger partial charge in [0.1, 0.15) is 0 Å². The molecule has 4 aromatic rings. The summed E-state index contributed by atoms with van der Waals surface area (Å²) in [6, 6.07) is 22.0. The van der Waals surface area contributed by atoms with Gasteiger partial charge in [-0.1, -0.05) is 48.5 Å². The van der Waals surface area contributed by atoms with Gasteiger partial charge in [0.15, 0.2) is 11.5 Å². The van der Waals surface area contributed by atoms with Crippen molar-refractivity contribution in [2.24, 2.45) is 0 Å². The molecule has 3 nitrogen and oxygen atoms in total. The van der Waals surface area contributed by atoms with Gasteiger partial charge in [0, 0.05) is 11.8 Å². The van der Waals surface area contributed by atoms with Crippen LogP contribution < -0.4 is 9.47 Å². The zero-order chi connectivity index (χ0) is 21.9. The predicted molar refractivity (Wildman–Crippen MR) is 117 cm³/mol. The Hall–Kier alpha value is -3.93. The van der Waals surface area contributed by atoms with Gasteiger partial charge in [-0.2, -0.15) is 13.2 Å². The molecule has 6 heteroatoms. The number of para-hydroxylation sites is 1. The Kier molecular flexibility index (Phi) is 3.99. The first-order chi connectivity index (χ1) is 15.5. The van der Waals surface area contributed by atoms with Crippen molar-refractivity contribution in [2.75, 3.05) is 6.79 Å².